The van der Waals surface area contributed by atoms with Gasteiger partial charge in [-0.15, -0.1) is 0 Å². The Balaban J connectivity index is 2.16. The Kier molecular flexibility index (Phi) is 3.63. The average molecular weight is 242 g/mol. The van der Waals surface area contributed by atoms with Crippen molar-refractivity contribution >= 4 is 5.78 Å². The van der Waals surface area contributed by atoms with Gasteiger partial charge in [-0.3, -0.25) is 4.79 Å². The molecule has 2 rings (SSSR count). The summed E-state index contributed by atoms with van der Waals surface area (Å²) < 4.78 is 5.08. The second-order valence-electron chi connectivity index (χ2n) is 4.00. The Hall–Kier alpha value is -2.29. The van der Waals surface area contributed by atoms with Gasteiger partial charge in [0.25, 0.3) is 0 Å². The third kappa shape index (κ3) is 2.88. The van der Waals surface area contributed by atoms with Crippen LogP contribution in [0.25, 0.3) is 0 Å². The molecule has 92 valence electrons. The van der Waals surface area contributed by atoms with Crippen molar-refractivity contribution in [3.8, 4) is 11.5 Å². The van der Waals surface area contributed by atoms with E-state index in [1.54, 1.807) is 49.6 Å². The summed E-state index contributed by atoms with van der Waals surface area (Å²) in [6, 6.07) is 13.8. The monoisotopic (exact) mass is 242 g/mol. The largest absolute Gasteiger partial charge is 0.508 e. The minimum Gasteiger partial charge on any atom is -0.508 e. The Bertz CT molecular complexity index is 561. The Labute approximate surface area is 106 Å². The number of methoxy groups -OCH3 is 1. The second-order valence-corrected chi connectivity index (χ2v) is 4.00. The summed E-state index contributed by atoms with van der Waals surface area (Å²) in [5.74, 6) is 0.835. The predicted molar refractivity (Wildman–Crippen MR) is 69.1 cm³/mol. The number of hydrogen-bond donors (Lipinski definition) is 1. The first-order valence-electron chi connectivity index (χ1n) is 5.64. The third-order valence-corrected chi connectivity index (χ3v) is 2.67. The number of phenols is 1. The number of ether oxygens (including phenoxy) is 1. The van der Waals surface area contributed by atoms with Crippen molar-refractivity contribution in [2.24, 2.45) is 0 Å². The highest BCUT2D eigenvalue weighted by Gasteiger charge is 2.08. The van der Waals surface area contributed by atoms with Crippen molar-refractivity contribution < 1.29 is 14.6 Å². The Morgan fingerprint density at radius 2 is 1.94 bits per heavy atom. The SMILES string of the molecule is COc1cccc(C(=O)Cc2cccc(O)c2)c1. The van der Waals surface area contributed by atoms with E-state index in [0.717, 1.165) is 5.56 Å². The van der Waals surface area contributed by atoms with Gasteiger partial charge in [0.2, 0.25) is 0 Å². The molecule has 3 nitrogen and oxygen atoms in total. The van der Waals surface area contributed by atoms with Crippen LogP contribution < -0.4 is 4.74 Å². The van der Waals surface area contributed by atoms with Crippen LogP contribution in [0.3, 0.4) is 0 Å². The molecule has 0 radical (unpaired) electrons. The molecule has 0 fully saturated rings. The van der Waals surface area contributed by atoms with Gasteiger partial charge in [0.05, 0.1) is 7.11 Å². The molecule has 0 unspecified atom stereocenters. The van der Waals surface area contributed by atoms with Crippen LogP contribution in [0.5, 0.6) is 11.5 Å². The highest BCUT2D eigenvalue weighted by molar-refractivity contribution is 5.97. The van der Waals surface area contributed by atoms with E-state index >= 15 is 0 Å². The zero-order valence-electron chi connectivity index (χ0n) is 10.1. The van der Waals surface area contributed by atoms with Crippen LogP contribution >= 0.6 is 0 Å². The molecule has 2 aromatic rings. The molecule has 3 heteroatoms. The molecule has 0 aliphatic rings. The zero-order chi connectivity index (χ0) is 13.0. The number of aromatic hydroxyl groups is 1. The van der Waals surface area contributed by atoms with Crippen LogP contribution in [-0.2, 0) is 6.42 Å². The van der Waals surface area contributed by atoms with Crippen molar-refractivity contribution in [2.75, 3.05) is 7.11 Å². The van der Waals surface area contributed by atoms with Gasteiger partial charge in [0, 0.05) is 12.0 Å². The fourth-order valence-electron chi connectivity index (χ4n) is 1.75. The molecule has 0 aliphatic heterocycles. The molecule has 0 spiro atoms. The number of benzene rings is 2. The summed E-state index contributed by atoms with van der Waals surface area (Å²) in [5.41, 5.74) is 1.40. The quantitative estimate of drug-likeness (QED) is 0.838. The summed E-state index contributed by atoms with van der Waals surface area (Å²) >= 11 is 0. The molecule has 0 bridgehead atoms. The molecule has 0 heterocycles. The number of ketones is 1. The molecule has 1 N–H and O–H groups in total. The van der Waals surface area contributed by atoms with Gasteiger partial charge < -0.3 is 9.84 Å². The number of rotatable bonds is 4. The lowest BCUT2D eigenvalue weighted by Crippen LogP contribution is -2.03. The van der Waals surface area contributed by atoms with Crippen LogP contribution in [-0.4, -0.2) is 18.0 Å². The molecule has 0 saturated heterocycles. The lowest BCUT2D eigenvalue weighted by molar-refractivity contribution is 0.0992. The number of phenolic OH excluding ortho intramolecular Hbond substituents is 1. The molecular formula is C15H14O3. The molecule has 0 saturated carbocycles. The highest BCUT2D eigenvalue weighted by atomic mass is 16.5. The van der Waals surface area contributed by atoms with Crippen LogP contribution in [0.15, 0.2) is 48.5 Å². The molecule has 0 aliphatic carbocycles. The normalized spacial score (nSPS) is 10.1. The molecule has 18 heavy (non-hydrogen) atoms. The predicted octanol–water partition coefficient (Wildman–Crippen LogP) is 2.83. The maximum absolute atomic E-state index is 12.1. The smallest absolute Gasteiger partial charge is 0.167 e. The van der Waals surface area contributed by atoms with Gasteiger partial charge in [-0.25, -0.2) is 0 Å². The van der Waals surface area contributed by atoms with Gasteiger partial charge >= 0.3 is 0 Å². The van der Waals surface area contributed by atoms with Gasteiger partial charge in [0.1, 0.15) is 11.5 Å². The summed E-state index contributed by atoms with van der Waals surface area (Å²) in [6.45, 7) is 0. The van der Waals surface area contributed by atoms with Gasteiger partial charge in [-0.05, 0) is 29.8 Å². The molecule has 0 amide bonds. The molecular weight excluding hydrogens is 228 g/mol. The first-order chi connectivity index (χ1) is 8.69. The third-order valence-electron chi connectivity index (χ3n) is 2.67. The first-order valence-corrected chi connectivity index (χ1v) is 5.64. The lowest BCUT2D eigenvalue weighted by atomic mass is 10.0. The minimum atomic E-state index is -0.000463. The van der Waals surface area contributed by atoms with Gasteiger partial charge in [0.15, 0.2) is 5.78 Å². The molecule has 2 aromatic carbocycles. The van der Waals surface area contributed by atoms with Crippen LogP contribution in [0, 0.1) is 0 Å². The van der Waals surface area contributed by atoms with Gasteiger partial charge in [-0.1, -0.05) is 24.3 Å². The summed E-state index contributed by atoms with van der Waals surface area (Å²) in [4.78, 5) is 12.1. The topological polar surface area (TPSA) is 46.5 Å². The van der Waals surface area contributed by atoms with Gasteiger partial charge in [-0.2, -0.15) is 0 Å². The zero-order valence-corrected chi connectivity index (χ0v) is 10.1. The summed E-state index contributed by atoms with van der Waals surface area (Å²) in [5, 5.41) is 9.35. The summed E-state index contributed by atoms with van der Waals surface area (Å²) in [6.07, 6.45) is 0.265. The van der Waals surface area contributed by atoms with Crippen LogP contribution in [0.2, 0.25) is 0 Å². The number of carbonyl (C=O) groups is 1. The number of carbonyl (C=O) groups excluding carboxylic acids is 1. The van der Waals surface area contributed by atoms with Crippen LogP contribution in [0.1, 0.15) is 15.9 Å². The molecule has 0 aromatic heterocycles. The Morgan fingerprint density at radius 1 is 1.17 bits per heavy atom. The van der Waals surface area contributed by atoms with Crippen molar-refractivity contribution in [3.05, 3.63) is 59.7 Å². The summed E-state index contributed by atoms with van der Waals surface area (Å²) in [7, 11) is 1.57. The van der Waals surface area contributed by atoms with E-state index in [2.05, 4.69) is 0 Å². The van der Waals surface area contributed by atoms with E-state index in [1.807, 2.05) is 6.07 Å². The van der Waals surface area contributed by atoms with E-state index < -0.39 is 0 Å². The van der Waals surface area contributed by atoms with E-state index in [4.69, 9.17) is 4.74 Å². The van der Waals surface area contributed by atoms with Crippen molar-refractivity contribution in [2.45, 2.75) is 6.42 Å². The van der Waals surface area contributed by atoms with Crippen LogP contribution in [0.4, 0.5) is 0 Å². The van der Waals surface area contributed by atoms with E-state index in [9.17, 15) is 9.90 Å². The maximum atomic E-state index is 12.1. The average Bonchev–Trinajstić information content (AvgIpc) is 2.39. The van der Waals surface area contributed by atoms with Crippen molar-refractivity contribution in [1.82, 2.24) is 0 Å². The van der Waals surface area contributed by atoms with Crippen molar-refractivity contribution in [1.29, 1.82) is 0 Å². The van der Waals surface area contributed by atoms with E-state index in [-0.39, 0.29) is 18.0 Å². The van der Waals surface area contributed by atoms with E-state index in [1.165, 1.54) is 0 Å². The second kappa shape index (κ2) is 5.36. The fourth-order valence-corrected chi connectivity index (χ4v) is 1.75. The van der Waals surface area contributed by atoms with Crippen molar-refractivity contribution in [3.63, 3.8) is 0 Å². The lowest BCUT2D eigenvalue weighted by Gasteiger charge is -2.04. The minimum absolute atomic E-state index is 0.000463. The maximum Gasteiger partial charge on any atom is 0.167 e. The first kappa shape index (κ1) is 12.2. The highest BCUT2D eigenvalue weighted by Crippen LogP contribution is 2.16. The number of Topliss-reactive ketones (excluding diaryl/α,β-unsaturated/α-hetero) is 1. The standard InChI is InChI=1S/C15H14O3/c1-18-14-7-3-5-12(10-14)15(17)9-11-4-2-6-13(16)8-11/h2-8,10,16H,9H2,1H3. The Morgan fingerprint density at radius 3 is 2.67 bits per heavy atom. The molecule has 0 atom stereocenters. The fraction of sp³-hybridized carbons (Fsp3) is 0.133. The van der Waals surface area contributed by atoms with E-state index in [0.29, 0.717) is 11.3 Å². The number of hydrogen-bond acceptors (Lipinski definition) is 3.